The summed E-state index contributed by atoms with van der Waals surface area (Å²) in [6.07, 6.45) is 1.55. The van der Waals surface area contributed by atoms with Crippen molar-refractivity contribution in [2.24, 2.45) is 0 Å². The number of rotatable bonds is 4. The van der Waals surface area contributed by atoms with Crippen molar-refractivity contribution in [2.75, 3.05) is 5.32 Å². The van der Waals surface area contributed by atoms with Crippen molar-refractivity contribution in [3.05, 3.63) is 81.8 Å². The quantitative estimate of drug-likeness (QED) is 0.579. The Balaban J connectivity index is 1.73. The second-order valence-electron chi connectivity index (χ2n) is 6.83. The maximum absolute atomic E-state index is 12.5. The van der Waals surface area contributed by atoms with E-state index in [1.807, 2.05) is 37.3 Å². The minimum Gasteiger partial charge on any atom is -0.349 e. The number of fused-ring (bicyclic) bond motifs is 1. The van der Waals surface area contributed by atoms with Crippen LogP contribution in [-0.2, 0) is 0 Å². The Morgan fingerprint density at radius 3 is 2.48 bits per heavy atom. The van der Waals surface area contributed by atoms with Gasteiger partial charge in [0.1, 0.15) is 5.39 Å². The number of aryl methyl sites for hydroxylation is 2. The predicted octanol–water partition coefficient (Wildman–Crippen LogP) is 3.90. The lowest BCUT2D eigenvalue weighted by molar-refractivity contribution is 0.850. The highest BCUT2D eigenvalue weighted by Gasteiger charge is 2.13. The highest BCUT2D eigenvalue weighted by atomic mass is 16.1. The first-order chi connectivity index (χ1) is 13.0. The van der Waals surface area contributed by atoms with Crippen LogP contribution in [0.3, 0.4) is 0 Å². The summed E-state index contributed by atoms with van der Waals surface area (Å²) in [6, 6.07) is 16.1. The Kier molecular flexibility index (Phi) is 4.24. The zero-order valence-corrected chi connectivity index (χ0v) is 15.5. The molecule has 2 aromatic heterocycles. The largest absolute Gasteiger partial charge is 0.349 e. The van der Waals surface area contributed by atoms with Crippen LogP contribution in [0.2, 0.25) is 0 Å². The van der Waals surface area contributed by atoms with Crippen LogP contribution in [-0.4, -0.2) is 19.7 Å². The van der Waals surface area contributed by atoms with E-state index in [0.29, 0.717) is 17.0 Å². The van der Waals surface area contributed by atoms with Gasteiger partial charge in [-0.3, -0.25) is 9.78 Å². The van der Waals surface area contributed by atoms with E-state index in [9.17, 15) is 4.79 Å². The summed E-state index contributed by atoms with van der Waals surface area (Å²) < 4.78 is 1.68. The molecule has 2 aromatic carbocycles. The van der Waals surface area contributed by atoms with Crippen LogP contribution in [0, 0.1) is 13.8 Å². The standard InChI is InChI=1S/C21H21N5O/c1-13-9-14(2)11-16(10-13)15(3)23-21-24-19-18(20(27)25-21)12-22-26(19)17-7-5-4-6-8-17/h4-12,15H,1-3H3,(H2,23,24,25,27). The molecule has 27 heavy (non-hydrogen) atoms. The molecule has 0 amide bonds. The van der Waals surface area contributed by atoms with E-state index >= 15 is 0 Å². The molecule has 4 aromatic rings. The number of nitrogens with zero attached hydrogens (tertiary/aromatic N) is 3. The molecule has 6 heteroatoms. The van der Waals surface area contributed by atoms with Gasteiger partial charge in [0, 0.05) is 0 Å². The molecule has 136 valence electrons. The number of aromatic nitrogens is 4. The fourth-order valence-corrected chi connectivity index (χ4v) is 3.29. The van der Waals surface area contributed by atoms with Gasteiger partial charge in [-0.25, -0.2) is 4.68 Å². The van der Waals surface area contributed by atoms with Crippen molar-refractivity contribution >= 4 is 17.0 Å². The Hall–Kier alpha value is -3.41. The molecule has 0 spiro atoms. The van der Waals surface area contributed by atoms with Gasteiger partial charge in [-0.05, 0) is 38.5 Å². The van der Waals surface area contributed by atoms with E-state index in [-0.39, 0.29) is 11.6 Å². The number of hydrogen-bond donors (Lipinski definition) is 2. The third-order valence-corrected chi connectivity index (χ3v) is 4.54. The predicted molar refractivity (Wildman–Crippen MR) is 107 cm³/mol. The minimum atomic E-state index is -0.211. The third kappa shape index (κ3) is 3.33. The topological polar surface area (TPSA) is 75.6 Å². The van der Waals surface area contributed by atoms with Crippen molar-refractivity contribution in [2.45, 2.75) is 26.8 Å². The second-order valence-corrected chi connectivity index (χ2v) is 6.83. The molecule has 1 atom stereocenters. The molecule has 0 bridgehead atoms. The summed E-state index contributed by atoms with van der Waals surface area (Å²) in [7, 11) is 0. The van der Waals surface area contributed by atoms with Crippen molar-refractivity contribution in [3.8, 4) is 5.69 Å². The average Bonchev–Trinajstić information content (AvgIpc) is 3.06. The molecule has 0 radical (unpaired) electrons. The van der Waals surface area contributed by atoms with Gasteiger partial charge in [-0.1, -0.05) is 47.5 Å². The average molecular weight is 359 g/mol. The summed E-state index contributed by atoms with van der Waals surface area (Å²) >= 11 is 0. The molecule has 6 nitrogen and oxygen atoms in total. The van der Waals surface area contributed by atoms with Crippen LogP contribution in [0.15, 0.2) is 59.5 Å². The summed E-state index contributed by atoms with van der Waals surface area (Å²) in [6.45, 7) is 6.20. The number of nitrogens with one attached hydrogen (secondary N) is 2. The number of hydrogen-bond acceptors (Lipinski definition) is 4. The van der Waals surface area contributed by atoms with Crippen molar-refractivity contribution in [3.63, 3.8) is 0 Å². The lowest BCUT2D eigenvalue weighted by Crippen LogP contribution is -2.16. The Morgan fingerprint density at radius 1 is 1.07 bits per heavy atom. The normalized spacial score (nSPS) is 12.3. The third-order valence-electron chi connectivity index (χ3n) is 4.54. The molecular formula is C21H21N5O. The fourth-order valence-electron chi connectivity index (χ4n) is 3.29. The van der Waals surface area contributed by atoms with E-state index in [4.69, 9.17) is 0 Å². The number of aromatic amines is 1. The van der Waals surface area contributed by atoms with Gasteiger partial charge in [-0.2, -0.15) is 10.1 Å². The molecule has 4 rings (SSSR count). The number of para-hydroxylation sites is 1. The van der Waals surface area contributed by atoms with E-state index in [1.54, 1.807) is 10.9 Å². The monoisotopic (exact) mass is 359 g/mol. The van der Waals surface area contributed by atoms with Gasteiger partial charge in [0.15, 0.2) is 5.65 Å². The molecule has 2 heterocycles. The minimum absolute atomic E-state index is 0.00250. The van der Waals surface area contributed by atoms with Gasteiger partial charge in [-0.15, -0.1) is 0 Å². The summed E-state index contributed by atoms with van der Waals surface area (Å²) in [5, 5.41) is 8.10. The molecule has 0 saturated heterocycles. The lowest BCUT2D eigenvalue weighted by atomic mass is 10.0. The van der Waals surface area contributed by atoms with Crippen LogP contribution < -0.4 is 10.9 Å². The molecule has 2 N–H and O–H groups in total. The van der Waals surface area contributed by atoms with E-state index in [2.05, 4.69) is 52.4 Å². The van der Waals surface area contributed by atoms with Crippen LogP contribution >= 0.6 is 0 Å². The van der Waals surface area contributed by atoms with E-state index < -0.39 is 0 Å². The summed E-state index contributed by atoms with van der Waals surface area (Å²) in [5.41, 5.74) is 4.73. The van der Waals surface area contributed by atoms with Crippen molar-refractivity contribution < 1.29 is 0 Å². The molecule has 0 saturated carbocycles. The zero-order chi connectivity index (χ0) is 19.0. The van der Waals surface area contributed by atoms with E-state index in [0.717, 1.165) is 11.3 Å². The molecule has 0 fully saturated rings. The SMILES string of the molecule is Cc1cc(C)cc(C(C)Nc2nc3c(cnn3-c3ccccc3)c(=O)[nH]2)c1. The molecule has 0 aliphatic rings. The van der Waals surface area contributed by atoms with Gasteiger partial charge in [0.2, 0.25) is 5.95 Å². The van der Waals surface area contributed by atoms with Gasteiger partial charge in [0.05, 0.1) is 17.9 Å². The first-order valence-electron chi connectivity index (χ1n) is 8.89. The van der Waals surface area contributed by atoms with Gasteiger partial charge < -0.3 is 5.32 Å². The number of H-pyrrole nitrogens is 1. The van der Waals surface area contributed by atoms with Crippen LogP contribution in [0.5, 0.6) is 0 Å². The Morgan fingerprint density at radius 2 is 1.78 bits per heavy atom. The van der Waals surface area contributed by atoms with E-state index in [1.165, 1.54) is 11.1 Å². The Labute approximate surface area is 156 Å². The van der Waals surface area contributed by atoms with Gasteiger partial charge >= 0.3 is 0 Å². The molecule has 1 unspecified atom stereocenters. The highest BCUT2D eigenvalue weighted by molar-refractivity contribution is 5.76. The highest BCUT2D eigenvalue weighted by Crippen LogP contribution is 2.21. The zero-order valence-electron chi connectivity index (χ0n) is 15.5. The molecule has 0 aliphatic carbocycles. The van der Waals surface area contributed by atoms with Crippen LogP contribution in [0.4, 0.5) is 5.95 Å². The lowest BCUT2D eigenvalue weighted by Gasteiger charge is -2.16. The number of benzene rings is 2. The summed E-state index contributed by atoms with van der Waals surface area (Å²) in [5.74, 6) is 0.428. The molecule has 0 aliphatic heterocycles. The second kappa shape index (κ2) is 6.72. The van der Waals surface area contributed by atoms with Crippen LogP contribution in [0.1, 0.15) is 29.7 Å². The summed E-state index contributed by atoms with van der Waals surface area (Å²) in [4.78, 5) is 19.9. The maximum Gasteiger partial charge on any atom is 0.263 e. The van der Waals surface area contributed by atoms with Crippen LogP contribution in [0.25, 0.3) is 16.7 Å². The van der Waals surface area contributed by atoms with Gasteiger partial charge in [0.25, 0.3) is 5.56 Å². The first-order valence-corrected chi connectivity index (χ1v) is 8.89. The first kappa shape index (κ1) is 17.0. The Bertz CT molecular complexity index is 1140. The van der Waals surface area contributed by atoms with Crippen molar-refractivity contribution in [1.29, 1.82) is 0 Å². The maximum atomic E-state index is 12.5. The smallest absolute Gasteiger partial charge is 0.263 e. The van der Waals surface area contributed by atoms with Crippen molar-refractivity contribution in [1.82, 2.24) is 19.7 Å². The fraction of sp³-hybridized carbons (Fsp3) is 0.190. The molecular weight excluding hydrogens is 338 g/mol. The number of anilines is 1.